The van der Waals surface area contributed by atoms with E-state index < -0.39 is 22.8 Å². The molecule has 5 rings (SSSR count). The van der Waals surface area contributed by atoms with Crippen molar-refractivity contribution in [2.45, 2.75) is 32.5 Å². The van der Waals surface area contributed by atoms with Crippen LogP contribution >= 0.6 is 11.6 Å². The third kappa shape index (κ3) is 4.87. The second kappa shape index (κ2) is 10.2. The molecular weight excluding hydrogens is 520 g/mol. The second-order valence-electron chi connectivity index (χ2n) is 8.93. The number of rotatable bonds is 6. The predicted molar refractivity (Wildman–Crippen MR) is 133 cm³/mol. The van der Waals surface area contributed by atoms with E-state index >= 15 is 0 Å². The standard InChI is InChI=1S/C26H22ClF2N5O4/c1-14-10-31-19(18-3-5-30-25(33-18)26(36)4-6-37-13-26)9-21(14)34-15(2)7-22(23(27)24(34)35)38-12-20-17(29)8-16(28)11-32-20/h3,5,7-11,36H,4,6,12-13H2,1-2H3/t26-/m1/s1. The third-order valence-corrected chi connectivity index (χ3v) is 6.55. The average molecular weight is 542 g/mol. The summed E-state index contributed by atoms with van der Waals surface area (Å²) in [5, 5.41) is 10.6. The van der Waals surface area contributed by atoms with Crippen molar-refractivity contribution in [2.24, 2.45) is 0 Å². The van der Waals surface area contributed by atoms with E-state index in [1.165, 1.54) is 10.8 Å². The second-order valence-corrected chi connectivity index (χ2v) is 9.31. The van der Waals surface area contributed by atoms with Gasteiger partial charge in [-0.3, -0.25) is 19.3 Å². The van der Waals surface area contributed by atoms with Crippen LogP contribution in [0.1, 0.15) is 29.2 Å². The molecule has 0 unspecified atom stereocenters. The molecule has 196 valence electrons. The van der Waals surface area contributed by atoms with Crippen LogP contribution in [0.5, 0.6) is 5.75 Å². The first kappa shape index (κ1) is 25.8. The monoisotopic (exact) mass is 541 g/mol. The van der Waals surface area contributed by atoms with Crippen molar-refractivity contribution in [3.8, 4) is 22.8 Å². The van der Waals surface area contributed by atoms with Gasteiger partial charge in [-0.15, -0.1) is 0 Å². The summed E-state index contributed by atoms with van der Waals surface area (Å²) < 4.78 is 39.3. The Kier molecular flexibility index (Phi) is 6.91. The van der Waals surface area contributed by atoms with Crippen molar-refractivity contribution in [3.05, 3.63) is 92.6 Å². The van der Waals surface area contributed by atoms with Gasteiger partial charge in [0, 0.05) is 36.6 Å². The van der Waals surface area contributed by atoms with Gasteiger partial charge in [0.1, 0.15) is 34.5 Å². The van der Waals surface area contributed by atoms with E-state index in [0.717, 1.165) is 6.20 Å². The Morgan fingerprint density at radius 1 is 1.16 bits per heavy atom. The van der Waals surface area contributed by atoms with Crippen molar-refractivity contribution in [1.29, 1.82) is 0 Å². The number of ether oxygens (including phenoxy) is 2. The normalized spacial score (nSPS) is 17.1. The summed E-state index contributed by atoms with van der Waals surface area (Å²) >= 11 is 6.36. The molecule has 1 N–H and O–H groups in total. The molecule has 38 heavy (non-hydrogen) atoms. The molecule has 12 heteroatoms. The van der Waals surface area contributed by atoms with E-state index in [4.69, 9.17) is 21.1 Å². The minimum Gasteiger partial charge on any atom is -0.485 e. The molecule has 1 fully saturated rings. The van der Waals surface area contributed by atoms with E-state index in [1.807, 2.05) is 0 Å². The highest BCUT2D eigenvalue weighted by Gasteiger charge is 2.37. The summed E-state index contributed by atoms with van der Waals surface area (Å²) in [6, 6.07) is 5.60. The molecule has 0 aromatic carbocycles. The summed E-state index contributed by atoms with van der Waals surface area (Å²) in [4.78, 5) is 30.2. The number of aryl methyl sites for hydroxylation is 2. The van der Waals surface area contributed by atoms with Crippen LogP contribution in [-0.2, 0) is 16.9 Å². The van der Waals surface area contributed by atoms with Gasteiger partial charge in [-0.2, -0.15) is 0 Å². The number of halogens is 3. The summed E-state index contributed by atoms with van der Waals surface area (Å²) in [5.41, 5.74) is 0.653. The van der Waals surface area contributed by atoms with Gasteiger partial charge in [0.05, 0.1) is 36.5 Å². The summed E-state index contributed by atoms with van der Waals surface area (Å²) in [7, 11) is 0. The average Bonchev–Trinajstić information content (AvgIpc) is 3.35. The van der Waals surface area contributed by atoms with Gasteiger partial charge >= 0.3 is 0 Å². The van der Waals surface area contributed by atoms with Crippen molar-refractivity contribution in [1.82, 2.24) is 24.5 Å². The minimum absolute atomic E-state index is 0.0374. The molecule has 1 saturated heterocycles. The van der Waals surface area contributed by atoms with Crippen LogP contribution in [0.2, 0.25) is 5.02 Å². The van der Waals surface area contributed by atoms with Gasteiger partial charge < -0.3 is 14.6 Å². The zero-order chi connectivity index (χ0) is 27.0. The molecular formula is C26H22ClF2N5O4. The molecule has 0 spiro atoms. The minimum atomic E-state index is -1.27. The maximum atomic E-state index is 13.9. The number of aromatic nitrogens is 5. The van der Waals surface area contributed by atoms with Gasteiger partial charge in [-0.05, 0) is 31.5 Å². The molecule has 1 aliphatic rings. The van der Waals surface area contributed by atoms with Crippen LogP contribution in [0.15, 0.2) is 47.7 Å². The molecule has 1 atom stereocenters. The van der Waals surface area contributed by atoms with Crippen LogP contribution in [-0.4, -0.2) is 42.8 Å². The highest BCUT2D eigenvalue weighted by molar-refractivity contribution is 6.31. The highest BCUT2D eigenvalue weighted by atomic mass is 35.5. The maximum Gasteiger partial charge on any atom is 0.277 e. The van der Waals surface area contributed by atoms with Crippen molar-refractivity contribution in [2.75, 3.05) is 13.2 Å². The Morgan fingerprint density at radius 3 is 2.71 bits per heavy atom. The summed E-state index contributed by atoms with van der Waals surface area (Å²) in [6.07, 6.45) is 4.40. The van der Waals surface area contributed by atoms with Gasteiger partial charge in [-0.1, -0.05) is 11.6 Å². The van der Waals surface area contributed by atoms with E-state index in [2.05, 4.69) is 19.9 Å². The van der Waals surface area contributed by atoms with E-state index in [9.17, 15) is 18.7 Å². The van der Waals surface area contributed by atoms with Crippen LogP contribution in [0.3, 0.4) is 0 Å². The zero-order valence-electron chi connectivity index (χ0n) is 20.4. The highest BCUT2D eigenvalue weighted by Crippen LogP contribution is 2.30. The summed E-state index contributed by atoms with van der Waals surface area (Å²) in [5.74, 6) is -1.40. The molecule has 0 saturated carbocycles. The Morgan fingerprint density at radius 2 is 1.97 bits per heavy atom. The number of hydrogen-bond acceptors (Lipinski definition) is 8. The lowest BCUT2D eigenvalue weighted by atomic mass is 10.0. The fourth-order valence-corrected chi connectivity index (χ4v) is 4.32. The lowest BCUT2D eigenvalue weighted by Gasteiger charge is -2.19. The van der Waals surface area contributed by atoms with Gasteiger partial charge in [0.25, 0.3) is 5.56 Å². The lowest BCUT2D eigenvalue weighted by molar-refractivity contribution is 0.0154. The van der Waals surface area contributed by atoms with E-state index in [1.54, 1.807) is 38.2 Å². The van der Waals surface area contributed by atoms with Crippen LogP contribution in [0.25, 0.3) is 17.1 Å². The predicted octanol–water partition coefficient (Wildman–Crippen LogP) is 3.82. The Bertz CT molecular complexity index is 1590. The SMILES string of the molecule is Cc1cnc(-c2ccnc([C@@]3(O)CCOC3)n2)cc1-n1c(C)cc(OCc2ncc(F)cc2F)c(Cl)c1=O. The molecule has 4 aromatic rings. The third-order valence-electron chi connectivity index (χ3n) is 6.20. The number of aliphatic hydroxyl groups is 1. The number of pyridine rings is 3. The molecule has 0 bridgehead atoms. The van der Waals surface area contributed by atoms with Crippen molar-refractivity contribution < 1.29 is 23.4 Å². The number of hydrogen-bond donors (Lipinski definition) is 1. The van der Waals surface area contributed by atoms with Crippen LogP contribution < -0.4 is 10.3 Å². The maximum absolute atomic E-state index is 13.9. The van der Waals surface area contributed by atoms with Crippen molar-refractivity contribution in [3.63, 3.8) is 0 Å². The fraction of sp³-hybridized carbons (Fsp3) is 0.269. The molecule has 5 heterocycles. The first-order chi connectivity index (χ1) is 18.2. The fourth-order valence-electron chi connectivity index (χ4n) is 4.13. The zero-order valence-corrected chi connectivity index (χ0v) is 21.2. The molecule has 9 nitrogen and oxygen atoms in total. The van der Waals surface area contributed by atoms with Crippen LogP contribution in [0, 0.1) is 25.5 Å². The van der Waals surface area contributed by atoms with Gasteiger partial charge in [0.15, 0.2) is 11.6 Å². The summed E-state index contributed by atoms with van der Waals surface area (Å²) in [6.45, 7) is 3.66. The molecule has 1 aliphatic heterocycles. The molecule has 0 aliphatic carbocycles. The molecule has 0 radical (unpaired) electrons. The first-order valence-corrected chi connectivity index (χ1v) is 12.0. The first-order valence-electron chi connectivity index (χ1n) is 11.6. The molecule has 4 aromatic heterocycles. The lowest BCUT2D eigenvalue weighted by Crippen LogP contribution is -2.28. The largest absolute Gasteiger partial charge is 0.485 e. The van der Waals surface area contributed by atoms with E-state index in [0.29, 0.717) is 47.4 Å². The smallest absolute Gasteiger partial charge is 0.277 e. The Balaban J connectivity index is 1.49. The van der Waals surface area contributed by atoms with E-state index in [-0.39, 0.29) is 35.5 Å². The Hall–Kier alpha value is -3.80. The quantitative estimate of drug-likeness (QED) is 0.392. The Labute approximate surface area is 220 Å². The molecule has 0 amide bonds. The number of nitrogens with zero attached hydrogens (tertiary/aromatic N) is 5. The van der Waals surface area contributed by atoms with Crippen molar-refractivity contribution >= 4 is 11.6 Å². The van der Waals surface area contributed by atoms with Crippen LogP contribution in [0.4, 0.5) is 8.78 Å². The van der Waals surface area contributed by atoms with Gasteiger partial charge in [-0.25, -0.2) is 18.7 Å². The topological polar surface area (TPSA) is 112 Å². The van der Waals surface area contributed by atoms with Gasteiger partial charge in [0.2, 0.25) is 0 Å².